The number of methoxy groups -OCH3 is 2. The molecule has 0 fully saturated rings. The van der Waals surface area contributed by atoms with Gasteiger partial charge in [0.25, 0.3) is 5.91 Å². The molecule has 3 unspecified atom stereocenters. The zero-order chi connectivity index (χ0) is 38.4. The van der Waals surface area contributed by atoms with Crippen LogP contribution in [-0.2, 0) is 28.7 Å². The summed E-state index contributed by atoms with van der Waals surface area (Å²) in [4.78, 5) is 47.3. The van der Waals surface area contributed by atoms with E-state index in [0.29, 0.717) is 29.4 Å². The Morgan fingerprint density at radius 2 is 1.48 bits per heavy atom. The molecule has 0 aromatic carbocycles. The number of hydrogen-bond acceptors (Lipinski definition) is 9. The first-order valence-corrected chi connectivity index (χ1v) is 17.0. The van der Waals surface area contributed by atoms with E-state index in [4.69, 9.17) is 19.4 Å². The highest BCUT2D eigenvalue weighted by Crippen LogP contribution is 2.29. The minimum atomic E-state index is -0.477. The van der Waals surface area contributed by atoms with Crippen molar-refractivity contribution in [2.24, 2.45) is 17.8 Å². The largest absolute Gasteiger partial charge is 0.400 e. The maximum absolute atomic E-state index is 13.4. The SMILES string of the molecule is C=O.CC.CC.CC.CO.COC1/C=C\C=C(/C)C(=O)NC2=CC(=O)C(NCCO)=C(C[C@@H](C)CC(C)C[C@@H](C)/C=C(\C)C1OC)C2=O. The Labute approximate surface area is 291 Å². The highest BCUT2D eigenvalue weighted by Gasteiger charge is 2.31. The summed E-state index contributed by atoms with van der Waals surface area (Å²) in [6.07, 6.45) is 10.1. The number of ketones is 2. The molecule has 48 heavy (non-hydrogen) atoms. The first-order chi connectivity index (χ1) is 23.0. The smallest absolute Gasteiger partial charge is 0.251 e. The standard InChI is InChI=1S/C30H44N2O6.3C2H6.CH4O.CH2O/c1-18-13-19(2)15-22(5)29(38-7)26(37-6)10-8-9-21(4)30(36)32-24-17-25(34)27(31-11-12-33)23(28(24)35)16-20(3)14-18;5*1-2/h8-10,15,17-20,26,29,31,33H,11-14,16H2,1-7H3,(H,32,36);3*1-2H3;2H,1H3;1H2/b10-8-,21-9+,22-15+;;;;;/t18?,19-,20+,26?,29?;;;;;/m1...../s1. The quantitative estimate of drug-likeness (QED) is 0.201. The van der Waals surface area contributed by atoms with E-state index >= 15 is 0 Å². The summed E-state index contributed by atoms with van der Waals surface area (Å²) in [5.74, 6) is -0.457. The van der Waals surface area contributed by atoms with Crippen molar-refractivity contribution in [1.29, 1.82) is 0 Å². The number of ether oxygens (including phenoxy) is 2. The summed E-state index contributed by atoms with van der Waals surface area (Å²) in [5.41, 5.74) is 1.94. The summed E-state index contributed by atoms with van der Waals surface area (Å²) in [5, 5.41) is 21.8. The van der Waals surface area contributed by atoms with Gasteiger partial charge in [-0.3, -0.25) is 14.4 Å². The second-order valence-corrected chi connectivity index (χ2v) is 10.6. The topological polar surface area (TPSA) is 151 Å². The van der Waals surface area contributed by atoms with Crippen LogP contribution in [0.3, 0.4) is 0 Å². The maximum Gasteiger partial charge on any atom is 0.251 e. The van der Waals surface area contributed by atoms with Crippen molar-refractivity contribution in [3.05, 3.63) is 58.5 Å². The van der Waals surface area contributed by atoms with Crippen molar-refractivity contribution in [2.75, 3.05) is 34.5 Å². The number of fused-ring (bicyclic) bond motifs is 2. The van der Waals surface area contributed by atoms with Gasteiger partial charge in [-0.05, 0) is 56.4 Å². The van der Waals surface area contributed by atoms with Crippen molar-refractivity contribution >= 4 is 24.3 Å². The van der Waals surface area contributed by atoms with E-state index in [2.05, 4.69) is 37.5 Å². The van der Waals surface area contributed by atoms with Crippen LogP contribution < -0.4 is 10.6 Å². The number of rotatable bonds is 5. The molecule has 4 N–H and O–H groups in total. The van der Waals surface area contributed by atoms with Crippen LogP contribution in [0.2, 0.25) is 0 Å². The Kier molecular flexibility index (Phi) is 34.8. The fourth-order valence-electron chi connectivity index (χ4n) is 5.31. The van der Waals surface area contributed by atoms with Crippen LogP contribution in [-0.4, -0.2) is 81.2 Å². The Balaban J connectivity index is -0.000000882. The predicted octanol–water partition coefficient (Wildman–Crippen LogP) is 6.05. The Hall–Kier alpha value is -3.18. The molecule has 2 aliphatic rings. The second-order valence-electron chi connectivity index (χ2n) is 10.6. The van der Waals surface area contributed by atoms with E-state index in [0.717, 1.165) is 31.6 Å². The lowest BCUT2D eigenvalue weighted by Gasteiger charge is -2.25. The van der Waals surface area contributed by atoms with Crippen LogP contribution in [0.25, 0.3) is 0 Å². The lowest BCUT2D eigenvalue weighted by molar-refractivity contribution is -0.120. The third-order valence-corrected chi connectivity index (χ3v) is 6.96. The summed E-state index contributed by atoms with van der Waals surface area (Å²) < 4.78 is 11.4. The van der Waals surface area contributed by atoms with Gasteiger partial charge in [0, 0.05) is 45.1 Å². The summed E-state index contributed by atoms with van der Waals surface area (Å²) >= 11 is 0. The van der Waals surface area contributed by atoms with Crippen LogP contribution >= 0.6 is 0 Å². The van der Waals surface area contributed by atoms with Gasteiger partial charge < -0.3 is 35.1 Å². The first-order valence-electron chi connectivity index (χ1n) is 17.0. The molecule has 0 aromatic heterocycles. The molecule has 0 saturated carbocycles. The van der Waals surface area contributed by atoms with Gasteiger partial charge in [0.2, 0.25) is 11.6 Å². The van der Waals surface area contributed by atoms with Gasteiger partial charge in [-0.15, -0.1) is 0 Å². The summed E-state index contributed by atoms with van der Waals surface area (Å²) in [6.45, 7) is 24.1. The van der Waals surface area contributed by atoms with Crippen molar-refractivity contribution < 1.29 is 38.9 Å². The lowest BCUT2D eigenvalue weighted by Crippen LogP contribution is -2.36. The van der Waals surface area contributed by atoms with Gasteiger partial charge in [-0.1, -0.05) is 86.6 Å². The Morgan fingerprint density at radius 3 is 1.98 bits per heavy atom. The molecule has 2 bridgehead atoms. The number of nitrogens with one attached hydrogen (secondary N) is 2. The minimum absolute atomic E-state index is 0.0397. The number of Topliss-reactive ketones (excluding diaryl/α,β-unsaturated/α-hetero) is 1. The molecule has 10 heteroatoms. The van der Waals surface area contributed by atoms with E-state index in [1.807, 2.05) is 61.3 Å². The molecule has 1 amide bonds. The van der Waals surface area contributed by atoms with E-state index in [-0.39, 0.29) is 48.5 Å². The van der Waals surface area contributed by atoms with Crippen molar-refractivity contribution in [2.45, 2.75) is 108 Å². The number of carbonyl (C=O) groups is 4. The van der Waals surface area contributed by atoms with Gasteiger partial charge >= 0.3 is 0 Å². The fourth-order valence-corrected chi connectivity index (χ4v) is 5.31. The number of allylic oxidation sites excluding steroid dienone is 5. The molecule has 10 nitrogen and oxygen atoms in total. The highest BCUT2D eigenvalue weighted by molar-refractivity contribution is 6.23. The normalized spacial score (nSPS) is 26.0. The number of amides is 1. The molecule has 0 spiro atoms. The van der Waals surface area contributed by atoms with Gasteiger partial charge in [-0.25, -0.2) is 0 Å². The third-order valence-electron chi connectivity index (χ3n) is 6.96. The van der Waals surface area contributed by atoms with Crippen LogP contribution in [0.5, 0.6) is 0 Å². The predicted molar refractivity (Wildman–Crippen MR) is 197 cm³/mol. The number of aliphatic hydroxyl groups is 2. The van der Waals surface area contributed by atoms with Crippen LogP contribution in [0.4, 0.5) is 0 Å². The average Bonchev–Trinajstić information content (AvgIpc) is 3.09. The third kappa shape index (κ3) is 19.0. The van der Waals surface area contributed by atoms with E-state index in [1.165, 1.54) is 0 Å². The van der Waals surface area contributed by atoms with Gasteiger partial charge in [0.1, 0.15) is 19.0 Å². The second kappa shape index (κ2) is 32.4. The molecule has 1 aliphatic heterocycles. The molecule has 5 atom stereocenters. The monoisotopic (exact) mass is 680 g/mol. The summed E-state index contributed by atoms with van der Waals surface area (Å²) in [6, 6.07) is 0. The fraction of sp³-hybridized carbons (Fsp3) is 0.632. The molecular formula is C38H68N2O8. The first kappa shape index (κ1) is 51.7. The van der Waals surface area contributed by atoms with Crippen molar-refractivity contribution in [3.63, 3.8) is 0 Å². The van der Waals surface area contributed by atoms with Crippen LogP contribution in [0.15, 0.2) is 58.5 Å². The number of hydrogen-bond donors (Lipinski definition) is 4. The Morgan fingerprint density at radius 1 is 0.917 bits per heavy atom. The zero-order valence-corrected chi connectivity index (χ0v) is 32.4. The molecule has 1 aliphatic carbocycles. The summed E-state index contributed by atoms with van der Waals surface area (Å²) in [7, 11) is 4.27. The van der Waals surface area contributed by atoms with Gasteiger partial charge in [0.15, 0.2) is 0 Å². The molecule has 278 valence electrons. The molecule has 2 rings (SSSR count). The lowest BCUT2D eigenvalue weighted by atomic mass is 9.83. The zero-order valence-electron chi connectivity index (χ0n) is 32.4. The van der Waals surface area contributed by atoms with Crippen LogP contribution in [0.1, 0.15) is 95.4 Å². The van der Waals surface area contributed by atoms with E-state index in [1.54, 1.807) is 33.3 Å². The molecule has 0 saturated heterocycles. The van der Waals surface area contributed by atoms with Crippen LogP contribution in [0, 0.1) is 17.8 Å². The molecule has 0 aromatic rings. The van der Waals surface area contributed by atoms with Crippen molar-refractivity contribution in [1.82, 2.24) is 10.6 Å². The Bertz CT molecular complexity index is 1060. The molecule has 1 heterocycles. The average molecular weight is 681 g/mol. The van der Waals surface area contributed by atoms with E-state index in [9.17, 15) is 19.5 Å². The number of carbonyl (C=O) groups excluding carboxylic acids is 4. The van der Waals surface area contributed by atoms with Gasteiger partial charge in [-0.2, -0.15) is 0 Å². The van der Waals surface area contributed by atoms with Crippen molar-refractivity contribution in [3.8, 4) is 0 Å². The number of aliphatic hydroxyl groups excluding tert-OH is 2. The van der Waals surface area contributed by atoms with E-state index < -0.39 is 11.7 Å². The molecular weight excluding hydrogens is 612 g/mol. The molecule has 0 radical (unpaired) electrons. The van der Waals surface area contributed by atoms with Gasteiger partial charge in [0.05, 0.1) is 18.0 Å². The highest BCUT2D eigenvalue weighted by atomic mass is 16.5. The maximum atomic E-state index is 13.4. The minimum Gasteiger partial charge on any atom is -0.400 e.